The van der Waals surface area contributed by atoms with Crippen LogP contribution in [0.2, 0.25) is 10.0 Å². The number of hydrogen-bond acceptors (Lipinski definition) is 4. The van der Waals surface area contributed by atoms with E-state index in [2.05, 4.69) is 5.32 Å². The fraction of sp³-hybridized carbons (Fsp3) is 0.278. The van der Waals surface area contributed by atoms with Crippen molar-refractivity contribution in [2.24, 2.45) is 0 Å². The number of nitrogens with zero attached hydrogens (tertiary/aromatic N) is 1. The van der Waals surface area contributed by atoms with Crippen molar-refractivity contribution >= 4 is 44.8 Å². The van der Waals surface area contributed by atoms with Crippen molar-refractivity contribution in [3.05, 3.63) is 57.6 Å². The molecule has 144 valence electrons. The van der Waals surface area contributed by atoms with Crippen LogP contribution in [0.5, 0.6) is 0 Å². The number of benzene rings is 2. The van der Waals surface area contributed by atoms with Gasteiger partial charge in [0.1, 0.15) is 0 Å². The van der Waals surface area contributed by atoms with E-state index in [1.807, 2.05) is 0 Å². The number of ether oxygens (including phenoxy) is 1. The van der Waals surface area contributed by atoms with Gasteiger partial charge in [-0.15, -0.1) is 0 Å². The molecule has 27 heavy (non-hydrogen) atoms. The van der Waals surface area contributed by atoms with Gasteiger partial charge >= 0.3 is 0 Å². The molecular weight excluding hydrogens is 411 g/mol. The number of rotatable bonds is 4. The van der Waals surface area contributed by atoms with Gasteiger partial charge in [-0.2, -0.15) is 4.31 Å². The largest absolute Gasteiger partial charge is 0.379 e. The Morgan fingerprint density at radius 1 is 1.11 bits per heavy atom. The third kappa shape index (κ3) is 4.44. The number of anilines is 1. The zero-order valence-corrected chi connectivity index (χ0v) is 16.9. The van der Waals surface area contributed by atoms with E-state index in [1.165, 1.54) is 22.5 Å². The minimum Gasteiger partial charge on any atom is -0.379 e. The van der Waals surface area contributed by atoms with Crippen molar-refractivity contribution in [1.29, 1.82) is 0 Å². The monoisotopic (exact) mass is 428 g/mol. The van der Waals surface area contributed by atoms with Crippen LogP contribution in [0.25, 0.3) is 0 Å². The number of nitrogens with one attached hydrogen (secondary N) is 1. The summed E-state index contributed by atoms with van der Waals surface area (Å²) in [5, 5.41) is 3.44. The zero-order valence-electron chi connectivity index (χ0n) is 14.5. The molecule has 0 radical (unpaired) electrons. The van der Waals surface area contributed by atoms with Crippen LogP contribution >= 0.6 is 23.2 Å². The number of morpholine rings is 1. The lowest BCUT2D eigenvalue weighted by Crippen LogP contribution is -2.40. The number of carbonyl (C=O) groups excluding carboxylic acids is 1. The van der Waals surface area contributed by atoms with E-state index in [0.717, 1.165) is 0 Å². The van der Waals surface area contributed by atoms with Crippen LogP contribution in [-0.2, 0) is 14.8 Å². The molecule has 1 aliphatic heterocycles. The molecule has 0 bridgehead atoms. The number of hydrogen-bond donors (Lipinski definition) is 1. The zero-order chi connectivity index (χ0) is 19.6. The predicted molar refractivity (Wildman–Crippen MR) is 105 cm³/mol. The lowest BCUT2D eigenvalue weighted by atomic mass is 10.1. The third-order valence-corrected chi connectivity index (χ3v) is 6.70. The SMILES string of the molecule is Cc1ccc(S(=O)(=O)N2CCOCC2)cc1C(=O)Nc1cc(Cl)ccc1Cl. The van der Waals surface area contributed by atoms with Crippen molar-refractivity contribution in [3.63, 3.8) is 0 Å². The van der Waals surface area contributed by atoms with Crippen LogP contribution in [0, 0.1) is 6.92 Å². The summed E-state index contributed by atoms with van der Waals surface area (Å²) in [4.78, 5) is 12.8. The Labute approximate surface area is 168 Å². The van der Waals surface area contributed by atoms with Crippen molar-refractivity contribution in [2.75, 3.05) is 31.6 Å². The van der Waals surface area contributed by atoms with Gasteiger partial charge in [0.05, 0.1) is 28.8 Å². The molecule has 3 rings (SSSR count). The highest BCUT2D eigenvalue weighted by molar-refractivity contribution is 7.89. The molecule has 9 heteroatoms. The molecule has 1 aliphatic rings. The van der Waals surface area contributed by atoms with Gasteiger partial charge in [0.25, 0.3) is 5.91 Å². The van der Waals surface area contributed by atoms with Gasteiger partial charge in [-0.3, -0.25) is 4.79 Å². The number of halogens is 2. The summed E-state index contributed by atoms with van der Waals surface area (Å²) < 4.78 is 32.2. The average Bonchev–Trinajstić information content (AvgIpc) is 2.65. The summed E-state index contributed by atoms with van der Waals surface area (Å²) in [6.45, 7) is 3.02. The first-order valence-electron chi connectivity index (χ1n) is 8.24. The van der Waals surface area contributed by atoms with E-state index in [-0.39, 0.29) is 23.5 Å². The Balaban J connectivity index is 1.91. The maximum Gasteiger partial charge on any atom is 0.256 e. The number of sulfonamides is 1. The highest BCUT2D eigenvalue weighted by Crippen LogP contribution is 2.27. The van der Waals surface area contributed by atoms with Crippen molar-refractivity contribution < 1.29 is 17.9 Å². The maximum atomic E-state index is 12.8. The summed E-state index contributed by atoms with van der Waals surface area (Å²) in [6.07, 6.45) is 0. The lowest BCUT2D eigenvalue weighted by molar-refractivity contribution is 0.0730. The summed E-state index contributed by atoms with van der Waals surface area (Å²) in [5.74, 6) is -0.462. The first kappa shape index (κ1) is 20.1. The lowest BCUT2D eigenvalue weighted by Gasteiger charge is -2.26. The van der Waals surface area contributed by atoms with Crippen LogP contribution < -0.4 is 5.32 Å². The molecule has 0 aromatic heterocycles. The van der Waals surface area contributed by atoms with Crippen molar-refractivity contribution in [2.45, 2.75) is 11.8 Å². The standard InChI is InChI=1S/C18H18Cl2N2O4S/c1-12-2-4-14(27(24,25)22-6-8-26-9-7-22)11-15(12)18(23)21-17-10-13(19)3-5-16(17)20/h2-5,10-11H,6-9H2,1H3,(H,21,23). The predicted octanol–water partition coefficient (Wildman–Crippen LogP) is 3.58. The van der Waals surface area contributed by atoms with Gasteiger partial charge in [0.2, 0.25) is 10.0 Å². The van der Waals surface area contributed by atoms with Gasteiger partial charge in [0, 0.05) is 23.7 Å². The van der Waals surface area contributed by atoms with E-state index in [4.69, 9.17) is 27.9 Å². The Morgan fingerprint density at radius 2 is 1.81 bits per heavy atom. The summed E-state index contributed by atoms with van der Waals surface area (Å²) in [7, 11) is -3.70. The number of aryl methyl sites for hydroxylation is 1. The van der Waals surface area contributed by atoms with E-state index < -0.39 is 15.9 Å². The molecule has 0 aliphatic carbocycles. The van der Waals surface area contributed by atoms with Crippen LogP contribution in [0.1, 0.15) is 15.9 Å². The first-order chi connectivity index (χ1) is 12.8. The average molecular weight is 429 g/mol. The molecule has 1 fully saturated rings. The molecule has 1 saturated heterocycles. The van der Waals surface area contributed by atoms with E-state index >= 15 is 0 Å². The molecule has 0 spiro atoms. The van der Waals surface area contributed by atoms with E-state index in [1.54, 1.807) is 25.1 Å². The van der Waals surface area contributed by atoms with Crippen molar-refractivity contribution in [3.8, 4) is 0 Å². The Hall–Kier alpha value is -1.64. The van der Waals surface area contributed by atoms with Crippen LogP contribution in [0.15, 0.2) is 41.3 Å². The minimum absolute atomic E-state index is 0.0670. The molecule has 1 N–H and O–H groups in total. The van der Waals surface area contributed by atoms with Gasteiger partial charge in [-0.05, 0) is 42.8 Å². The van der Waals surface area contributed by atoms with Crippen LogP contribution in [-0.4, -0.2) is 44.9 Å². The Morgan fingerprint density at radius 3 is 2.52 bits per heavy atom. The van der Waals surface area contributed by atoms with Gasteiger partial charge < -0.3 is 10.1 Å². The first-order valence-corrected chi connectivity index (χ1v) is 10.4. The Kier molecular flexibility index (Phi) is 6.08. The summed E-state index contributed by atoms with van der Waals surface area (Å²) in [6, 6.07) is 9.22. The highest BCUT2D eigenvalue weighted by atomic mass is 35.5. The quantitative estimate of drug-likeness (QED) is 0.807. The second kappa shape index (κ2) is 8.16. The van der Waals surface area contributed by atoms with Gasteiger partial charge in [-0.1, -0.05) is 29.3 Å². The molecule has 1 heterocycles. The van der Waals surface area contributed by atoms with Crippen LogP contribution in [0.4, 0.5) is 5.69 Å². The van der Waals surface area contributed by atoms with Crippen molar-refractivity contribution in [1.82, 2.24) is 4.31 Å². The second-order valence-corrected chi connectivity index (χ2v) is 8.85. The second-order valence-electron chi connectivity index (χ2n) is 6.07. The number of carbonyl (C=O) groups is 1. The van der Waals surface area contributed by atoms with E-state index in [9.17, 15) is 13.2 Å². The minimum atomic E-state index is -3.70. The summed E-state index contributed by atoms with van der Waals surface area (Å²) >= 11 is 12.0. The molecule has 6 nitrogen and oxygen atoms in total. The molecular formula is C18H18Cl2N2O4S. The molecule has 0 atom stereocenters. The van der Waals surface area contributed by atoms with Gasteiger partial charge in [0.15, 0.2) is 0 Å². The Bertz CT molecular complexity index is 973. The van der Waals surface area contributed by atoms with Crippen LogP contribution in [0.3, 0.4) is 0 Å². The molecule has 0 saturated carbocycles. The third-order valence-electron chi connectivity index (χ3n) is 4.24. The number of amides is 1. The highest BCUT2D eigenvalue weighted by Gasteiger charge is 2.27. The fourth-order valence-corrected chi connectivity index (χ4v) is 4.50. The van der Waals surface area contributed by atoms with E-state index in [0.29, 0.717) is 34.5 Å². The van der Waals surface area contributed by atoms with Gasteiger partial charge in [-0.25, -0.2) is 8.42 Å². The molecule has 0 unspecified atom stereocenters. The smallest absolute Gasteiger partial charge is 0.256 e. The topological polar surface area (TPSA) is 75.7 Å². The fourth-order valence-electron chi connectivity index (χ4n) is 2.73. The molecule has 2 aromatic carbocycles. The normalized spacial score (nSPS) is 15.5. The summed E-state index contributed by atoms with van der Waals surface area (Å²) in [5.41, 5.74) is 1.25. The molecule has 2 aromatic rings. The molecule has 1 amide bonds. The maximum absolute atomic E-state index is 12.8.